The molecule has 3 atom stereocenters. The van der Waals surface area contributed by atoms with Crippen LogP contribution < -0.4 is 24.2 Å². The number of fused-ring (bicyclic) bond motifs is 1. The summed E-state index contributed by atoms with van der Waals surface area (Å²) >= 11 is 0. The monoisotopic (exact) mass is 478 g/mol. The minimum atomic E-state index is -1.15. The Bertz CT molecular complexity index is 1280. The molecule has 0 aromatic heterocycles. The van der Waals surface area contributed by atoms with E-state index >= 15 is 0 Å². The third kappa shape index (κ3) is 3.55. The Labute approximate surface area is 201 Å². The third-order valence-electron chi connectivity index (χ3n) is 6.27. The lowest BCUT2D eigenvalue weighted by molar-refractivity contribution is -0.126. The minimum Gasteiger partial charge on any atom is -0.496 e. The fourth-order valence-corrected chi connectivity index (χ4v) is 4.68. The number of amides is 2. The number of imide groups is 1. The molecule has 0 unspecified atom stereocenters. The van der Waals surface area contributed by atoms with Gasteiger partial charge in [-0.25, -0.2) is 14.4 Å². The number of halogens is 1. The predicted octanol–water partition coefficient (Wildman–Crippen LogP) is 3.90. The number of nitrogens with zero attached hydrogens (tertiary/aromatic N) is 2. The maximum Gasteiger partial charge on any atom is 0.266 e. The fraction of sp³-hybridized carbons (Fsp3) is 0.231. The van der Waals surface area contributed by atoms with E-state index in [-0.39, 0.29) is 5.69 Å². The Balaban J connectivity index is 1.67. The van der Waals surface area contributed by atoms with Gasteiger partial charge in [0, 0.05) is 11.6 Å². The quantitative estimate of drug-likeness (QED) is 0.498. The maximum absolute atomic E-state index is 14.6. The lowest BCUT2D eigenvalue weighted by Gasteiger charge is -2.30. The summed E-state index contributed by atoms with van der Waals surface area (Å²) in [5.74, 6) is -1.55. The van der Waals surface area contributed by atoms with Crippen LogP contribution in [-0.2, 0) is 14.4 Å². The van der Waals surface area contributed by atoms with Gasteiger partial charge < -0.3 is 14.2 Å². The lowest BCUT2D eigenvalue weighted by atomic mass is 9.89. The van der Waals surface area contributed by atoms with E-state index in [1.807, 2.05) is 30.3 Å². The highest BCUT2D eigenvalue weighted by Crippen LogP contribution is 2.51. The van der Waals surface area contributed by atoms with Crippen LogP contribution in [0.1, 0.15) is 11.6 Å². The largest absolute Gasteiger partial charge is 0.496 e. The Hall–Kier alpha value is -4.11. The number of methoxy groups -OCH3 is 3. The normalized spacial score (nSPS) is 21.3. The first kappa shape index (κ1) is 22.7. The average Bonchev–Trinajstić information content (AvgIpc) is 3.39. The van der Waals surface area contributed by atoms with E-state index in [1.165, 1.54) is 44.6 Å². The number of para-hydroxylation sites is 2. The van der Waals surface area contributed by atoms with Crippen molar-refractivity contribution in [2.75, 3.05) is 31.3 Å². The molecule has 0 aliphatic carbocycles. The Morgan fingerprint density at radius 2 is 1.43 bits per heavy atom. The second-order valence-electron chi connectivity index (χ2n) is 8.07. The summed E-state index contributed by atoms with van der Waals surface area (Å²) < 4.78 is 31.1. The molecule has 8 nitrogen and oxygen atoms in total. The Morgan fingerprint density at radius 3 is 2.09 bits per heavy atom. The summed E-state index contributed by atoms with van der Waals surface area (Å²) in [5, 5.41) is 1.54. The van der Waals surface area contributed by atoms with E-state index in [9.17, 15) is 14.0 Å². The zero-order valence-electron chi connectivity index (χ0n) is 19.3. The number of benzene rings is 3. The zero-order chi connectivity index (χ0) is 24.7. The van der Waals surface area contributed by atoms with Crippen LogP contribution in [0, 0.1) is 11.7 Å². The van der Waals surface area contributed by atoms with Crippen LogP contribution >= 0.6 is 0 Å². The molecule has 0 N–H and O–H groups in total. The highest BCUT2D eigenvalue weighted by Gasteiger charge is 2.61. The SMILES string of the molecule is COc1cc(OC)c([C@@H]2[C@H]3C(=O)N(c4ccccc4F)C(=O)[C@H]3ON2c2ccccc2)cc1OC. The number of ether oxygens (including phenoxy) is 3. The molecule has 2 aliphatic rings. The molecule has 35 heavy (non-hydrogen) atoms. The van der Waals surface area contributed by atoms with Gasteiger partial charge in [-0.2, -0.15) is 0 Å². The van der Waals surface area contributed by atoms with Crippen LogP contribution in [0.3, 0.4) is 0 Å². The van der Waals surface area contributed by atoms with Crippen molar-refractivity contribution >= 4 is 23.2 Å². The summed E-state index contributed by atoms with van der Waals surface area (Å²) in [7, 11) is 4.51. The Kier molecular flexibility index (Phi) is 5.78. The molecule has 2 heterocycles. The Morgan fingerprint density at radius 1 is 0.800 bits per heavy atom. The van der Waals surface area contributed by atoms with E-state index in [2.05, 4.69) is 0 Å². The molecule has 9 heteroatoms. The standard InChI is InChI=1S/C26H23FN2O6/c1-32-19-14-21(34-3)20(33-2)13-16(19)23-22-24(35-29(23)15-9-5-4-6-10-15)26(31)28(25(22)30)18-12-8-7-11-17(18)27/h4-14,22-24H,1-3H3/t22-,23-,24+/m1/s1. The first-order valence-corrected chi connectivity index (χ1v) is 10.9. The molecule has 2 fully saturated rings. The molecule has 2 aliphatic heterocycles. The van der Waals surface area contributed by atoms with Crippen molar-refractivity contribution in [3.8, 4) is 17.2 Å². The third-order valence-corrected chi connectivity index (χ3v) is 6.27. The van der Waals surface area contributed by atoms with Gasteiger partial charge in [0.1, 0.15) is 23.5 Å². The fourth-order valence-electron chi connectivity index (χ4n) is 4.68. The van der Waals surface area contributed by atoms with Crippen LogP contribution in [-0.4, -0.2) is 39.2 Å². The predicted molar refractivity (Wildman–Crippen MR) is 125 cm³/mol. The van der Waals surface area contributed by atoms with Gasteiger partial charge in [-0.05, 0) is 30.3 Å². The topological polar surface area (TPSA) is 77.5 Å². The van der Waals surface area contributed by atoms with Gasteiger partial charge in [0.2, 0.25) is 5.91 Å². The van der Waals surface area contributed by atoms with E-state index < -0.39 is 35.7 Å². The molecule has 3 aromatic rings. The summed E-state index contributed by atoms with van der Waals surface area (Å²) in [6, 6.07) is 17.4. The van der Waals surface area contributed by atoms with Crippen molar-refractivity contribution < 1.29 is 33.0 Å². The van der Waals surface area contributed by atoms with Crippen LogP contribution in [0.2, 0.25) is 0 Å². The van der Waals surface area contributed by atoms with Crippen LogP contribution in [0.15, 0.2) is 66.7 Å². The highest BCUT2D eigenvalue weighted by atomic mass is 19.1. The number of anilines is 2. The van der Waals surface area contributed by atoms with Gasteiger partial charge in [0.25, 0.3) is 5.91 Å². The molecule has 0 bridgehead atoms. The van der Waals surface area contributed by atoms with Crippen molar-refractivity contribution in [2.24, 2.45) is 5.92 Å². The van der Waals surface area contributed by atoms with Gasteiger partial charge in [0.15, 0.2) is 17.6 Å². The number of hydroxylamine groups is 1. The number of rotatable bonds is 6. The molecular formula is C26H23FN2O6. The maximum atomic E-state index is 14.6. The molecule has 0 spiro atoms. The molecule has 0 radical (unpaired) electrons. The minimum absolute atomic E-state index is 0.107. The first-order valence-electron chi connectivity index (χ1n) is 10.9. The van der Waals surface area contributed by atoms with Gasteiger partial charge in [-0.15, -0.1) is 0 Å². The van der Waals surface area contributed by atoms with Crippen LogP contribution in [0.25, 0.3) is 0 Å². The molecule has 0 saturated carbocycles. The smallest absolute Gasteiger partial charge is 0.266 e. The van der Waals surface area contributed by atoms with E-state index in [4.69, 9.17) is 19.0 Å². The molecule has 2 saturated heterocycles. The average molecular weight is 478 g/mol. The van der Waals surface area contributed by atoms with E-state index in [0.717, 1.165) is 4.90 Å². The summed E-state index contributed by atoms with van der Waals surface area (Å²) in [4.78, 5) is 34.1. The first-order chi connectivity index (χ1) is 17.0. The van der Waals surface area contributed by atoms with Crippen molar-refractivity contribution in [1.29, 1.82) is 0 Å². The molecular weight excluding hydrogens is 455 g/mol. The van der Waals surface area contributed by atoms with Gasteiger partial charge >= 0.3 is 0 Å². The van der Waals surface area contributed by atoms with Crippen molar-refractivity contribution in [3.05, 3.63) is 78.1 Å². The van der Waals surface area contributed by atoms with Crippen LogP contribution in [0.4, 0.5) is 15.8 Å². The molecule has 180 valence electrons. The summed E-state index contributed by atoms with van der Waals surface area (Å²) in [6.07, 6.45) is -1.15. The van der Waals surface area contributed by atoms with E-state index in [1.54, 1.807) is 18.2 Å². The van der Waals surface area contributed by atoms with E-state index in [0.29, 0.717) is 28.5 Å². The molecule has 2 amide bonds. The zero-order valence-corrected chi connectivity index (χ0v) is 19.3. The lowest BCUT2D eigenvalue weighted by Crippen LogP contribution is -2.38. The van der Waals surface area contributed by atoms with Crippen molar-refractivity contribution in [1.82, 2.24) is 0 Å². The summed E-state index contributed by atoms with van der Waals surface area (Å²) in [6.45, 7) is 0. The number of carbonyl (C=O) groups excluding carboxylic acids is 2. The second-order valence-corrected chi connectivity index (χ2v) is 8.07. The van der Waals surface area contributed by atoms with Crippen molar-refractivity contribution in [2.45, 2.75) is 12.1 Å². The van der Waals surface area contributed by atoms with Crippen LogP contribution in [0.5, 0.6) is 17.2 Å². The van der Waals surface area contributed by atoms with Crippen molar-refractivity contribution in [3.63, 3.8) is 0 Å². The summed E-state index contributed by atoms with van der Waals surface area (Å²) in [5.41, 5.74) is 1.09. The van der Waals surface area contributed by atoms with Gasteiger partial charge in [-0.1, -0.05) is 30.3 Å². The second kappa shape index (κ2) is 8.92. The van der Waals surface area contributed by atoms with Gasteiger partial charge in [0.05, 0.1) is 32.7 Å². The number of carbonyl (C=O) groups is 2. The molecule has 5 rings (SSSR count). The highest BCUT2D eigenvalue weighted by molar-refractivity contribution is 6.24. The number of hydrogen-bond donors (Lipinski definition) is 0. The van der Waals surface area contributed by atoms with Gasteiger partial charge in [-0.3, -0.25) is 14.4 Å². The molecule has 3 aromatic carbocycles. The number of hydrogen-bond acceptors (Lipinski definition) is 7.